The molecule has 0 amide bonds. The maximum Gasteiger partial charge on any atom is 0.233 e. The fraction of sp³-hybridized carbons (Fsp3) is 0.118. The quantitative estimate of drug-likeness (QED) is 0.586. The summed E-state index contributed by atoms with van der Waals surface area (Å²) in [5.41, 5.74) is 0.215. The number of nitrogens with one attached hydrogen (secondary N) is 1. The molecule has 0 aliphatic carbocycles. The summed E-state index contributed by atoms with van der Waals surface area (Å²) in [7, 11) is 1.62. The maximum atomic E-state index is 14.1. The van der Waals surface area contributed by atoms with Gasteiger partial charge in [-0.3, -0.25) is 4.79 Å². The Morgan fingerprint density at radius 2 is 1.88 bits per heavy atom. The van der Waals surface area contributed by atoms with Crippen LogP contribution in [0.3, 0.4) is 0 Å². The second-order valence-corrected chi connectivity index (χ2v) is 6.66. The first kappa shape index (κ1) is 16.7. The predicted molar refractivity (Wildman–Crippen MR) is 97.9 cm³/mol. The lowest BCUT2D eigenvalue weighted by molar-refractivity contribution is 0.459. The van der Waals surface area contributed by atoms with Gasteiger partial charge in [0.2, 0.25) is 5.43 Å². The van der Waals surface area contributed by atoms with E-state index in [2.05, 4.69) is 5.32 Å². The largest absolute Gasteiger partial charge is 0.503 e. The Labute approximate surface area is 149 Å². The second kappa shape index (κ2) is 6.04. The summed E-state index contributed by atoms with van der Waals surface area (Å²) in [6, 6.07) is 6.83. The van der Waals surface area contributed by atoms with Crippen molar-refractivity contribution in [2.24, 2.45) is 7.05 Å². The number of fused-ring (bicyclic) bond motifs is 1. The van der Waals surface area contributed by atoms with Gasteiger partial charge in [0.15, 0.2) is 5.75 Å². The highest BCUT2D eigenvalue weighted by Gasteiger charge is 2.17. The molecule has 1 aromatic heterocycles. The van der Waals surface area contributed by atoms with E-state index >= 15 is 0 Å². The number of rotatable bonds is 2. The van der Waals surface area contributed by atoms with E-state index in [1.165, 1.54) is 22.8 Å². The van der Waals surface area contributed by atoms with Crippen molar-refractivity contribution >= 4 is 44.9 Å². The van der Waals surface area contributed by atoms with E-state index in [-0.39, 0.29) is 16.8 Å². The number of aromatic nitrogens is 1. The Morgan fingerprint density at radius 1 is 1.17 bits per heavy atom. The smallest absolute Gasteiger partial charge is 0.233 e. The Kier molecular flexibility index (Phi) is 4.20. The number of halogens is 3. The van der Waals surface area contributed by atoms with Gasteiger partial charge in [-0.1, -0.05) is 0 Å². The summed E-state index contributed by atoms with van der Waals surface area (Å²) in [6.45, 7) is 1.56. The van der Waals surface area contributed by atoms with Crippen molar-refractivity contribution in [3.63, 3.8) is 0 Å². The van der Waals surface area contributed by atoms with Crippen LogP contribution >= 0.6 is 22.6 Å². The van der Waals surface area contributed by atoms with Gasteiger partial charge in [-0.2, -0.15) is 0 Å². The van der Waals surface area contributed by atoms with Gasteiger partial charge in [-0.15, -0.1) is 0 Å². The van der Waals surface area contributed by atoms with Crippen molar-refractivity contribution in [3.05, 3.63) is 61.5 Å². The molecular formula is C17H13F2IN2O2. The van der Waals surface area contributed by atoms with Gasteiger partial charge in [-0.25, -0.2) is 8.78 Å². The van der Waals surface area contributed by atoms with Crippen LogP contribution in [0.5, 0.6) is 5.75 Å². The number of aromatic hydroxyl groups is 1. The standard InChI is InChI=1S/C17H13F2IN2O2/c1-8-16(23)17(24)15-13(5-9(18)6-14(15)22(8)2)21-12-4-3-10(20)7-11(12)19/h3-7,21,23H,1-2H3. The number of hydrogen-bond acceptors (Lipinski definition) is 3. The van der Waals surface area contributed by atoms with Gasteiger partial charge >= 0.3 is 0 Å². The minimum atomic E-state index is -0.631. The third-order valence-corrected chi connectivity index (χ3v) is 4.60. The lowest BCUT2D eigenvalue weighted by atomic mass is 10.1. The van der Waals surface area contributed by atoms with E-state index in [9.17, 15) is 18.7 Å². The monoisotopic (exact) mass is 442 g/mol. The number of pyridine rings is 1. The van der Waals surface area contributed by atoms with E-state index in [4.69, 9.17) is 0 Å². The van der Waals surface area contributed by atoms with Crippen molar-refractivity contribution in [2.45, 2.75) is 6.92 Å². The molecule has 0 unspecified atom stereocenters. The molecule has 3 rings (SSSR count). The van der Waals surface area contributed by atoms with Crippen LogP contribution in [-0.2, 0) is 7.05 Å². The summed E-state index contributed by atoms with van der Waals surface area (Å²) < 4.78 is 30.3. The molecule has 124 valence electrons. The topological polar surface area (TPSA) is 54.3 Å². The fourth-order valence-corrected chi connectivity index (χ4v) is 3.01. The van der Waals surface area contributed by atoms with Crippen molar-refractivity contribution < 1.29 is 13.9 Å². The van der Waals surface area contributed by atoms with E-state index in [0.29, 0.717) is 14.8 Å². The van der Waals surface area contributed by atoms with Gasteiger partial charge in [0, 0.05) is 10.6 Å². The molecule has 2 N–H and O–H groups in total. The highest BCUT2D eigenvalue weighted by Crippen LogP contribution is 2.29. The molecule has 0 aliphatic heterocycles. The van der Waals surface area contributed by atoms with Crippen molar-refractivity contribution in [1.82, 2.24) is 4.57 Å². The lowest BCUT2D eigenvalue weighted by Gasteiger charge is -2.15. The number of hydrogen-bond donors (Lipinski definition) is 2. The summed E-state index contributed by atoms with van der Waals surface area (Å²) in [5.74, 6) is -1.51. The zero-order valence-corrected chi connectivity index (χ0v) is 15.0. The number of anilines is 2. The van der Waals surface area contributed by atoms with E-state index < -0.39 is 22.8 Å². The summed E-state index contributed by atoms with van der Waals surface area (Å²) >= 11 is 1.98. The molecule has 7 heteroatoms. The third kappa shape index (κ3) is 2.72. The number of benzene rings is 2. The molecule has 2 aromatic carbocycles. The van der Waals surface area contributed by atoms with Gasteiger partial charge in [-0.05, 0) is 59.8 Å². The molecule has 0 bridgehead atoms. The normalized spacial score (nSPS) is 11.0. The van der Waals surface area contributed by atoms with E-state index in [1.807, 2.05) is 22.6 Å². The molecule has 3 aromatic rings. The molecule has 1 heterocycles. The Bertz CT molecular complexity index is 1030. The molecule has 0 spiro atoms. The van der Waals surface area contributed by atoms with Crippen LogP contribution in [-0.4, -0.2) is 9.67 Å². The average Bonchev–Trinajstić information content (AvgIpc) is 2.53. The summed E-state index contributed by atoms with van der Waals surface area (Å²) in [4.78, 5) is 12.4. The van der Waals surface area contributed by atoms with Crippen molar-refractivity contribution in [3.8, 4) is 5.75 Å². The van der Waals surface area contributed by atoms with Crippen LogP contribution in [0.15, 0.2) is 35.1 Å². The Hall–Kier alpha value is -2.16. The van der Waals surface area contributed by atoms with E-state index in [0.717, 1.165) is 6.07 Å². The molecular weight excluding hydrogens is 429 g/mol. The van der Waals surface area contributed by atoms with Crippen LogP contribution in [0.1, 0.15) is 5.69 Å². The molecule has 0 saturated heterocycles. The van der Waals surface area contributed by atoms with Crippen LogP contribution in [0.25, 0.3) is 10.9 Å². The molecule has 0 saturated carbocycles. The number of nitrogens with zero attached hydrogens (tertiary/aromatic N) is 1. The fourth-order valence-electron chi connectivity index (χ4n) is 2.55. The van der Waals surface area contributed by atoms with Crippen molar-refractivity contribution in [2.75, 3.05) is 5.32 Å². The zero-order chi connectivity index (χ0) is 17.6. The Balaban J connectivity index is 2.30. The van der Waals surface area contributed by atoms with Crippen LogP contribution in [0.2, 0.25) is 0 Å². The predicted octanol–water partition coefficient (Wildman–Crippen LogP) is 4.18. The van der Waals surface area contributed by atoms with Gasteiger partial charge in [0.05, 0.1) is 28.0 Å². The van der Waals surface area contributed by atoms with E-state index in [1.54, 1.807) is 20.0 Å². The minimum Gasteiger partial charge on any atom is -0.503 e. The lowest BCUT2D eigenvalue weighted by Crippen LogP contribution is -2.13. The minimum absolute atomic E-state index is 0.0972. The number of aryl methyl sites for hydroxylation is 1. The van der Waals surface area contributed by atoms with Crippen LogP contribution in [0, 0.1) is 22.1 Å². The first-order valence-corrected chi connectivity index (χ1v) is 8.11. The third-order valence-electron chi connectivity index (χ3n) is 3.93. The Morgan fingerprint density at radius 3 is 2.54 bits per heavy atom. The van der Waals surface area contributed by atoms with Gasteiger partial charge < -0.3 is 15.0 Å². The first-order valence-electron chi connectivity index (χ1n) is 7.03. The van der Waals surface area contributed by atoms with Gasteiger partial charge in [0.1, 0.15) is 11.6 Å². The zero-order valence-electron chi connectivity index (χ0n) is 12.8. The molecule has 0 radical (unpaired) electrons. The average molecular weight is 442 g/mol. The first-order chi connectivity index (χ1) is 11.3. The van der Waals surface area contributed by atoms with Gasteiger partial charge in [0.25, 0.3) is 0 Å². The second-order valence-electron chi connectivity index (χ2n) is 5.42. The van der Waals surface area contributed by atoms with Crippen LogP contribution < -0.4 is 10.7 Å². The summed E-state index contributed by atoms with van der Waals surface area (Å²) in [6.07, 6.45) is 0. The maximum absolute atomic E-state index is 14.1. The summed E-state index contributed by atoms with van der Waals surface area (Å²) in [5, 5.41) is 12.9. The highest BCUT2D eigenvalue weighted by molar-refractivity contribution is 14.1. The highest BCUT2D eigenvalue weighted by atomic mass is 127. The molecule has 4 nitrogen and oxygen atoms in total. The molecule has 0 atom stereocenters. The van der Waals surface area contributed by atoms with Crippen molar-refractivity contribution in [1.29, 1.82) is 0 Å². The molecule has 24 heavy (non-hydrogen) atoms. The molecule has 0 fully saturated rings. The molecule has 0 aliphatic rings. The SMILES string of the molecule is Cc1c(O)c(=O)c2c(Nc3ccc(I)cc3F)cc(F)cc2n1C. The van der Waals surface area contributed by atoms with Crippen LogP contribution in [0.4, 0.5) is 20.2 Å².